The van der Waals surface area contributed by atoms with Gasteiger partial charge in [-0.05, 0) is 35.6 Å². The number of benzene rings is 1. The van der Waals surface area contributed by atoms with Gasteiger partial charge in [0.1, 0.15) is 0 Å². The average molecular weight is 383 g/mol. The van der Waals surface area contributed by atoms with E-state index in [1.54, 1.807) is 11.3 Å². The molecule has 1 unspecified atom stereocenters. The quantitative estimate of drug-likeness (QED) is 0.689. The summed E-state index contributed by atoms with van der Waals surface area (Å²) in [5.41, 5.74) is 0.923. The van der Waals surface area contributed by atoms with Gasteiger partial charge in [-0.1, -0.05) is 17.3 Å². The van der Waals surface area contributed by atoms with Gasteiger partial charge in [-0.25, -0.2) is 0 Å². The van der Waals surface area contributed by atoms with Crippen LogP contribution in [0.2, 0.25) is 0 Å². The molecule has 7 nitrogen and oxygen atoms in total. The van der Waals surface area contributed by atoms with Crippen molar-refractivity contribution in [2.75, 3.05) is 19.9 Å². The van der Waals surface area contributed by atoms with Crippen molar-refractivity contribution in [3.8, 4) is 22.3 Å². The number of fused-ring (bicyclic) bond motifs is 1. The fraction of sp³-hybridized carbons (Fsp3) is 0.316. The first-order valence-electron chi connectivity index (χ1n) is 8.80. The Hall–Kier alpha value is -2.87. The van der Waals surface area contributed by atoms with Crippen molar-refractivity contribution in [2.24, 2.45) is 0 Å². The van der Waals surface area contributed by atoms with Crippen LogP contribution in [0.25, 0.3) is 10.8 Å². The Kier molecular flexibility index (Phi) is 4.05. The fourth-order valence-corrected chi connectivity index (χ4v) is 4.08. The van der Waals surface area contributed by atoms with Crippen molar-refractivity contribution >= 4 is 17.2 Å². The fourth-order valence-electron chi connectivity index (χ4n) is 3.44. The van der Waals surface area contributed by atoms with Crippen molar-refractivity contribution < 1.29 is 18.8 Å². The lowest BCUT2D eigenvalue weighted by Crippen LogP contribution is -2.30. The number of hydrogen-bond donors (Lipinski definition) is 0. The molecule has 2 aliphatic rings. The molecule has 1 fully saturated rings. The Labute approximate surface area is 159 Å². The van der Waals surface area contributed by atoms with Crippen LogP contribution >= 0.6 is 11.3 Å². The molecule has 8 heteroatoms. The third kappa shape index (κ3) is 3.16. The number of thiophene rings is 1. The molecule has 0 bridgehead atoms. The van der Waals surface area contributed by atoms with Crippen LogP contribution in [0, 0.1) is 0 Å². The maximum absolute atomic E-state index is 12.7. The molecule has 1 atom stereocenters. The average Bonchev–Trinajstić information content (AvgIpc) is 3.48. The highest BCUT2D eigenvalue weighted by atomic mass is 32.1. The minimum atomic E-state index is 0.0957. The van der Waals surface area contributed by atoms with Gasteiger partial charge in [0.05, 0.1) is 11.3 Å². The smallest absolute Gasteiger partial charge is 0.267 e. The highest BCUT2D eigenvalue weighted by Gasteiger charge is 2.31. The van der Waals surface area contributed by atoms with Crippen molar-refractivity contribution in [1.29, 1.82) is 0 Å². The molecule has 0 saturated carbocycles. The number of carbonyl (C=O) groups excluding carboxylic acids is 1. The monoisotopic (exact) mass is 383 g/mol. The van der Waals surface area contributed by atoms with Gasteiger partial charge in [-0.3, -0.25) is 4.79 Å². The number of rotatable bonds is 4. The molecule has 1 amide bonds. The SMILES string of the molecule is O=C(Cc1ccc2c(c1)OCO2)N1CCC(c2noc(-c3cccs3)n2)C1. The molecule has 1 aromatic carbocycles. The van der Waals surface area contributed by atoms with Crippen molar-refractivity contribution in [1.82, 2.24) is 15.0 Å². The Morgan fingerprint density at radius 3 is 3.07 bits per heavy atom. The molecule has 5 rings (SSSR count). The Morgan fingerprint density at radius 2 is 2.19 bits per heavy atom. The topological polar surface area (TPSA) is 77.7 Å². The first kappa shape index (κ1) is 16.3. The lowest BCUT2D eigenvalue weighted by Gasteiger charge is -2.16. The number of amides is 1. The standard InChI is InChI=1S/C19H17N3O4S/c23-17(9-12-3-4-14-15(8-12)25-11-24-14)22-6-5-13(10-22)18-20-19(26-21-18)16-2-1-7-27-16/h1-4,7-8,13H,5-6,9-11H2. The summed E-state index contributed by atoms with van der Waals surface area (Å²) in [6.45, 7) is 1.56. The van der Waals surface area contributed by atoms with Gasteiger partial charge in [-0.15, -0.1) is 11.3 Å². The molecule has 0 aliphatic carbocycles. The largest absolute Gasteiger partial charge is 0.454 e. The lowest BCUT2D eigenvalue weighted by molar-refractivity contribution is -0.129. The van der Waals surface area contributed by atoms with E-state index < -0.39 is 0 Å². The first-order chi connectivity index (χ1) is 13.3. The summed E-state index contributed by atoms with van der Waals surface area (Å²) < 4.78 is 16.1. The number of carbonyl (C=O) groups is 1. The van der Waals surface area contributed by atoms with E-state index >= 15 is 0 Å². The molecule has 2 aromatic heterocycles. The normalized spacial score (nSPS) is 18.2. The molecule has 3 aromatic rings. The number of hydrogen-bond acceptors (Lipinski definition) is 7. The molecule has 1 saturated heterocycles. The third-order valence-electron chi connectivity index (χ3n) is 4.87. The number of ether oxygens (including phenoxy) is 2. The second-order valence-corrected chi connectivity index (χ2v) is 7.57. The van der Waals surface area contributed by atoms with E-state index in [0.29, 0.717) is 37.0 Å². The predicted octanol–water partition coefficient (Wildman–Crippen LogP) is 3.09. The minimum Gasteiger partial charge on any atom is -0.454 e. The molecule has 138 valence electrons. The van der Waals surface area contributed by atoms with Gasteiger partial charge in [0.25, 0.3) is 5.89 Å². The predicted molar refractivity (Wildman–Crippen MR) is 97.8 cm³/mol. The minimum absolute atomic E-state index is 0.0957. The summed E-state index contributed by atoms with van der Waals surface area (Å²) in [7, 11) is 0. The zero-order valence-electron chi connectivity index (χ0n) is 14.5. The number of nitrogens with zero attached hydrogens (tertiary/aromatic N) is 3. The Morgan fingerprint density at radius 1 is 1.26 bits per heavy atom. The third-order valence-corrected chi connectivity index (χ3v) is 5.73. The highest BCUT2D eigenvalue weighted by molar-refractivity contribution is 7.13. The van der Waals surface area contributed by atoms with Crippen LogP contribution in [0.5, 0.6) is 11.5 Å². The van der Waals surface area contributed by atoms with Crippen molar-refractivity contribution in [3.63, 3.8) is 0 Å². The van der Waals surface area contributed by atoms with Crippen LogP contribution in [0.3, 0.4) is 0 Å². The Balaban J connectivity index is 1.23. The van der Waals surface area contributed by atoms with E-state index in [1.165, 1.54) is 0 Å². The van der Waals surface area contributed by atoms with Gasteiger partial charge < -0.3 is 18.9 Å². The van der Waals surface area contributed by atoms with Crippen LogP contribution in [0.1, 0.15) is 23.7 Å². The molecule has 27 heavy (non-hydrogen) atoms. The van der Waals surface area contributed by atoms with E-state index in [4.69, 9.17) is 14.0 Å². The van der Waals surface area contributed by atoms with Crippen LogP contribution in [-0.2, 0) is 11.2 Å². The van der Waals surface area contributed by atoms with Crippen molar-refractivity contribution in [2.45, 2.75) is 18.8 Å². The van der Waals surface area contributed by atoms with Gasteiger partial charge in [0.2, 0.25) is 12.7 Å². The maximum Gasteiger partial charge on any atom is 0.267 e. The van der Waals surface area contributed by atoms with Crippen LogP contribution in [0.15, 0.2) is 40.2 Å². The lowest BCUT2D eigenvalue weighted by atomic mass is 10.1. The van der Waals surface area contributed by atoms with E-state index in [-0.39, 0.29) is 18.6 Å². The molecule has 0 spiro atoms. The van der Waals surface area contributed by atoms with Crippen LogP contribution in [0.4, 0.5) is 0 Å². The molecule has 4 heterocycles. The molecular weight excluding hydrogens is 366 g/mol. The highest BCUT2D eigenvalue weighted by Crippen LogP contribution is 2.33. The number of likely N-dealkylation sites (tertiary alicyclic amines) is 1. The summed E-state index contributed by atoms with van der Waals surface area (Å²) in [4.78, 5) is 20.0. The molecule has 0 N–H and O–H groups in total. The maximum atomic E-state index is 12.7. The van der Waals surface area contributed by atoms with Gasteiger partial charge in [0.15, 0.2) is 17.3 Å². The Bertz CT molecular complexity index is 969. The summed E-state index contributed by atoms with van der Waals surface area (Å²) in [5.74, 6) is 2.86. The van der Waals surface area contributed by atoms with Crippen molar-refractivity contribution in [3.05, 3.63) is 47.1 Å². The van der Waals surface area contributed by atoms with Gasteiger partial charge in [-0.2, -0.15) is 4.98 Å². The van der Waals surface area contributed by atoms with Crippen LogP contribution < -0.4 is 9.47 Å². The van der Waals surface area contributed by atoms with Gasteiger partial charge in [0, 0.05) is 19.0 Å². The molecule has 2 aliphatic heterocycles. The molecular formula is C19H17N3O4S. The zero-order chi connectivity index (χ0) is 18.2. The first-order valence-corrected chi connectivity index (χ1v) is 9.68. The number of aromatic nitrogens is 2. The summed E-state index contributed by atoms with van der Waals surface area (Å²) in [6.07, 6.45) is 1.19. The van der Waals surface area contributed by atoms with E-state index in [1.807, 2.05) is 40.6 Å². The summed E-state index contributed by atoms with van der Waals surface area (Å²) >= 11 is 1.57. The summed E-state index contributed by atoms with van der Waals surface area (Å²) in [5, 5.41) is 6.10. The second-order valence-electron chi connectivity index (χ2n) is 6.62. The summed E-state index contributed by atoms with van der Waals surface area (Å²) in [6, 6.07) is 9.54. The van der Waals surface area contributed by atoms with E-state index in [9.17, 15) is 4.79 Å². The van der Waals surface area contributed by atoms with Gasteiger partial charge >= 0.3 is 0 Å². The second kappa shape index (κ2) is 6.70. The van der Waals surface area contributed by atoms with Crippen LogP contribution in [-0.4, -0.2) is 40.8 Å². The van der Waals surface area contributed by atoms with E-state index in [0.717, 1.165) is 22.6 Å². The molecule has 0 radical (unpaired) electrons. The zero-order valence-corrected chi connectivity index (χ0v) is 15.3. The van der Waals surface area contributed by atoms with E-state index in [2.05, 4.69) is 10.1 Å².